The molecule has 0 aromatic heterocycles. The van der Waals surface area contributed by atoms with Gasteiger partial charge in [-0.2, -0.15) is 0 Å². The summed E-state index contributed by atoms with van der Waals surface area (Å²) in [5, 5.41) is 15.7. The number of guanidine groups is 1. The van der Waals surface area contributed by atoms with Crippen LogP contribution in [0.4, 0.5) is 8.78 Å². The van der Waals surface area contributed by atoms with Gasteiger partial charge in [0.25, 0.3) is 6.43 Å². The highest BCUT2D eigenvalue weighted by Gasteiger charge is 2.22. The van der Waals surface area contributed by atoms with Crippen molar-refractivity contribution < 1.29 is 13.9 Å². The van der Waals surface area contributed by atoms with Crippen LogP contribution in [-0.4, -0.2) is 37.1 Å². The van der Waals surface area contributed by atoms with Gasteiger partial charge >= 0.3 is 0 Å². The molecule has 0 heterocycles. The van der Waals surface area contributed by atoms with Crippen LogP contribution in [0.1, 0.15) is 19.4 Å². The average molecular weight is 285 g/mol. The molecule has 20 heavy (non-hydrogen) atoms. The number of rotatable bonds is 6. The van der Waals surface area contributed by atoms with Gasteiger partial charge in [0.1, 0.15) is 5.60 Å². The van der Waals surface area contributed by atoms with Crippen molar-refractivity contribution in [2.75, 3.05) is 19.6 Å². The summed E-state index contributed by atoms with van der Waals surface area (Å²) in [7, 11) is 0. The second kappa shape index (κ2) is 7.79. The molecule has 0 aliphatic carbocycles. The molecular weight excluding hydrogens is 264 g/mol. The van der Waals surface area contributed by atoms with Gasteiger partial charge in [0.15, 0.2) is 5.96 Å². The molecule has 4 nitrogen and oxygen atoms in total. The summed E-state index contributed by atoms with van der Waals surface area (Å²) in [5.74, 6) is 0.268. The lowest BCUT2D eigenvalue weighted by atomic mass is 9.96. The molecule has 3 N–H and O–H groups in total. The van der Waals surface area contributed by atoms with Gasteiger partial charge in [0.05, 0.1) is 13.1 Å². The smallest absolute Gasteiger partial charge is 0.255 e. The van der Waals surface area contributed by atoms with Crippen LogP contribution in [0.25, 0.3) is 0 Å². The number of nitrogens with zero attached hydrogens (tertiary/aromatic N) is 1. The Hall–Kier alpha value is -1.69. The Bertz CT molecular complexity index is 422. The minimum atomic E-state index is -2.45. The lowest BCUT2D eigenvalue weighted by Crippen LogP contribution is -2.40. The Labute approximate surface area is 117 Å². The number of aliphatic hydroxyl groups is 1. The number of halogens is 2. The first-order chi connectivity index (χ1) is 9.45. The van der Waals surface area contributed by atoms with Crippen LogP contribution in [0, 0.1) is 0 Å². The van der Waals surface area contributed by atoms with Crippen LogP contribution < -0.4 is 10.6 Å². The van der Waals surface area contributed by atoms with Gasteiger partial charge in [-0.25, -0.2) is 13.8 Å². The van der Waals surface area contributed by atoms with E-state index in [1.54, 1.807) is 19.1 Å². The van der Waals surface area contributed by atoms with Crippen molar-refractivity contribution in [2.24, 2.45) is 4.99 Å². The third kappa shape index (κ3) is 5.52. The van der Waals surface area contributed by atoms with E-state index in [9.17, 15) is 13.9 Å². The van der Waals surface area contributed by atoms with E-state index in [4.69, 9.17) is 0 Å². The minimum Gasteiger partial charge on any atom is -0.384 e. The predicted molar refractivity (Wildman–Crippen MR) is 76.0 cm³/mol. The summed E-state index contributed by atoms with van der Waals surface area (Å²) in [6.45, 7) is 3.65. The molecule has 1 unspecified atom stereocenters. The predicted octanol–water partition coefficient (Wildman–Crippen LogP) is 1.71. The Morgan fingerprint density at radius 1 is 1.30 bits per heavy atom. The van der Waals surface area contributed by atoms with Gasteiger partial charge < -0.3 is 15.7 Å². The van der Waals surface area contributed by atoms with E-state index in [0.29, 0.717) is 6.54 Å². The number of benzene rings is 1. The molecule has 0 fully saturated rings. The second-order valence-electron chi connectivity index (χ2n) is 4.61. The molecule has 1 rings (SSSR count). The Kier molecular flexibility index (Phi) is 6.38. The fourth-order valence-corrected chi connectivity index (χ4v) is 1.64. The summed E-state index contributed by atoms with van der Waals surface area (Å²) in [6.07, 6.45) is -2.45. The van der Waals surface area contributed by atoms with Crippen molar-refractivity contribution in [3.8, 4) is 0 Å². The number of nitrogens with one attached hydrogen (secondary N) is 2. The number of aliphatic imine (C=N–C) groups is 1. The summed E-state index contributed by atoms with van der Waals surface area (Å²) in [4.78, 5) is 4.14. The topological polar surface area (TPSA) is 56.7 Å². The SMILES string of the molecule is CCNC(=NCC(C)(O)c1ccccc1)NCC(F)F. The molecule has 0 bridgehead atoms. The van der Waals surface area contributed by atoms with E-state index in [2.05, 4.69) is 15.6 Å². The van der Waals surface area contributed by atoms with E-state index in [0.717, 1.165) is 5.56 Å². The van der Waals surface area contributed by atoms with E-state index in [1.165, 1.54) is 0 Å². The van der Waals surface area contributed by atoms with Gasteiger partial charge in [-0.15, -0.1) is 0 Å². The van der Waals surface area contributed by atoms with Crippen LogP contribution >= 0.6 is 0 Å². The third-order valence-electron chi connectivity index (χ3n) is 2.71. The minimum absolute atomic E-state index is 0.0790. The van der Waals surface area contributed by atoms with E-state index >= 15 is 0 Å². The van der Waals surface area contributed by atoms with Crippen molar-refractivity contribution in [1.29, 1.82) is 0 Å². The second-order valence-corrected chi connectivity index (χ2v) is 4.61. The summed E-state index contributed by atoms with van der Waals surface area (Å²) >= 11 is 0. The highest BCUT2D eigenvalue weighted by Crippen LogP contribution is 2.20. The van der Waals surface area contributed by atoms with Crippen molar-refractivity contribution in [2.45, 2.75) is 25.9 Å². The average Bonchev–Trinajstić information content (AvgIpc) is 2.43. The first kappa shape index (κ1) is 16.4. The quantitative estimate of drug-likeness (QED) is 0.551. The van der Waals surface area contributed by atoms with Gasteiger partial charge in [0.2, 0.25) is 0 Å². The molecule has 6 heteroatoms. The van der Waals surface area contributed by atoms with E-state index in [1.807, 2.05) is 25.1 Å². The van der Waals surface area contributed by atoms with Crippen LogP contribution in [0.5, 0.6) is 0 Å². The zero-order valence-electron chi connectivity index (χ0n) is 11.7. The number of alkyl halides is 2. The van der Waals surface area contributed by atoms with Crippen molar-refractivity contribution >= 4 is 5.96 Å². The molecule has 112 valence electrons. The summed E-state index contributed by atoms with van der Waals surface area (Å²) in [6, 6.07) is 9.11. The molecule has 1 aromatic carbocycles. The highest BCUT2D eigenvalue weighted by molar-refractivity contribution is 5.79. The Balaban J connectivity index is 2.70. The third-order valence-corrected chi connectivity index (χ3v) is 2.71. The maximum atomic E-state index is 12.2. The van der Waals surface area contributed by atoms with E-state index < -0.39 is 18.6 Å². The maximum absolute atomic E-state index is 12.2. The molecular formula is C14H21F2N3O. The van der Waals surface area contributed by atoms with Gasteiger partial charge in [-0.05, 0) is 19.4 Å². The van der Waals surface area contributed by atoms with Crippen molar-refractivity contribution in [3.05, 3.63) is 35.9 Å². The molecule has 0 saturated heterocycles. The van der Waals surface area contributed by atoms with Gasteiger partial charge in [-0.3, -0.25) is 0 Å². The largest absolute Gasteiger partial charge is 0.384 e. The molecule has 0 radical (unpaired) electrons. The summed E-state index contributed by atoms with van der Waals surface area (Å²) in [5.41, 5.74) is -0.414. The molecule has 0 aliphatic rings. The first-order valence-electron chi connectivity index (χ1n) is 6.54. The lowest BCUT2D eigenvalue weighted by Gasteiger charge is -2.22. The molecule has 0 spiro atoms. The summed E-state index contributed by atoms with van der Waals surface area (Å²) < 4.78 is 24.4. The maximum Gasteiger partial charge on any atom is 0.255 e. The number of hydrogen-bond acceptors (Lipinski definition) is 2. The van der Waals surface area contributed by atoms with Crippen LogP contribution in [0.15, 0.2) is 35.3 Å². The van der Waals surface area contributed by atoms with Gasteiger partial charge in [-0.1, -0.05) is 30.3 Å². The Morgan fingerprint density at radius 3 is 2.50 bits per heavy atom. The van der Waals surface area contributed by atoms with E-state index in [-0.39, 0.29) is 12.5 Å². The van der Waals surface area contributed by atoms with Crippen molar-refractivity contribution in [3.63, 3.8) is 0 Å². The van der Waals surface area contributed by atoms with Crippen LogP contribution in [0.3, 0.4) is 0 Å². The zero-order valence-corrected chi connectivity index (χ0v) is 11.7. The normalized spacial score (nSPS) is 15.0. The zero-order chi connectivity index (χ0) is 15.0. The Morgan fingerprint density at radius 2 is 1.95 bits per heavy atom. The molecule has 1 aromatic rings. The van der Waals surface area contributed by atoms with Crippen LogP contribution in [-0.2, 0) is 5.60 Å². The fourth-order valence-electron chi connectivity index (χ4n) is 1.64. The highest BCUT2D eigenvalue weighted by atomic mass is 19.3. The lowest BCUT2D eigenvalue weighted by molar-refractivity contribution is 0.0672. The standard InChI is InChI=1S/C14H21F2N3O/c1-3-17-13(18-9-12(15)16)19-10-14(2,20)11-7-5-4-6-8-11/h4-8,12,20H,3,9-10H2,1-2H3,(H2,17,18,19). The van der Waals surface area contributed by atoms with Gasteiger partial charge in [0, 0.05) is 6.54 Å². The molecule has 0 saturated carbocycles. The number of hydrogen-bond donors (Lipinski definition) is 3. The van der Waals surface area contributed by atoms with Crippen LogP contribution in [0.2, 0.25) is 0 Å². The molecule has 1 atom stereocenters. The first-order valence-corrected chi connectivity index (χ1v) is 6.54. The fraction of sp³-hybridized carbons (Fsp3) is 0.500. The molecule has 0 aliphatic heterocycles. The molecule has 0 amide bonds. The van der Waals surface area contributed by atoms with Crippen molar-refractivity contribution in [1.82, 2.24) is 10.6 Å². The monoisotopic (exact) mass is 285 g/mol.